The first kappa shape index (κ1) is 18.2. The molecule has 2 aliphatic rings. The predicted molar refractivity (Wildman–Crippen MR) is 89.9 cm³/mol. The van der Waals surface area contributed by atoms with Crippen LogP contribution in [0, 0.1) is 23.7 Å². The maximum absolute atomic E-state index is 11.4. The lowest BCUT2D eigenvalue weighted by Crippen LogP contribution is -2.54. The van der Waals surface area contributed by atoms with E-state index in [-0.39, 0.29) is 11.8 Å². The molecule has 0 amide bonds. The van der Waals surface area contributed by atoms with E-state index in [2.05, 4.69) is 13.8 Å². The monoisotopic (exact) mass is 322 g/mol. The zero-order valence-electron chi connectivity index (χ0n) is 14.4. The molecule has 3 N–H and O–H groups in total. The van der Waals surface area contributed by atoms with E-state index in [1.54, 1.807) is 6.08 Å². The summed E-state index contributed by atoms with van der Waals surface area (Å²) in [6.07, 6.45) is 8.23. The van der Waals surface area contributed by atoms with Gasteiger partial charge in [0.25, 0.3) is 0 Å². The van der Waals surface area contributed by atoms with E-state index in [4.69, 9.17) is 5.11 Å². The average Bonchev–Trinajstić information content (AvgIpc) is 2.43. The van der Waals surface area contributed by atoms with Gasteiger partial charge >= 0.3 is 5.97 Å². The Morgan fingerprint density at radius 3 is 2.74 bits per heavy atom. The SMILES string of the molecule is CC1=C[C@H](O)[C@H]2C[C@@H](C)C[C@@H](C)[C@@H]2[C@@]1(O)CCC/C=C/C(=O)O. The van der Waals surface area contributed by atoms with Crippen LogP contribution in [-0.4, -0.2) is 33.0 Å². The van der Waals surface area contributed by atoms with Crippen molar-refractivity contribution in [3.63, 3.8) is 0 Å². The molecule has 4 heteroatoms. The predicted octanol–water partition coefficient (Wildman–Crippen LogP) is 3.15. The minimum absolute atomic E-state index is 0.0853. The highest BCUT2D eigenvalue weighted by molar-refractivity contribution is 5.79. The molecule has 2 aliphatic carbocycles. The second-order valence-corrected chi connectivity index (χ2v) is 7.64. The molecule has 0 aromatic carbocycles. The molecule has 0 aromatic rings. The summed E-state index contributed by atoms with van der Waals surface area (Å²) >= 11 is 0. The Bertz CT molecular complexity index is 496. The largest absolute Gasteiger partial charge is 0.478 e. The molecule has 0 saturated heterocycles. The molecule has 130 valence electrons. The van der Waals surface area contributed by atoms with Gasteiger partial charge in [0.1, 0.15) is 0 Å². The number of aliphatic hydroxyl groups is 2. The summed E-state index contributed by atoms with van der Waals surface area (Å²) in [5.41, 5.74) is -0.00424. The Kier molecular flexibility index (Phi) is 5.69. The topological polar surface area (TPSA) is 77.8 Å². The van der Waals surface area contributed by atoms with Crippen molar-refractivity contribution in [1.82, 2.24) is 0 Å². The lowest BCUT2D eigenvalue weighted by atomic mass is 9.56. The van der Waals surface area contributed by atoms with Crippen LogP contribution in [-0.2, 0) is 4.79 Å². The molecule has 4 nitrogen and oxygen atoms in total. The molecular formula is C19H30O4. The molecule has 6 atom stereocenters. The van der Waals surface area contributed by atoms with Gasteiger partial charge in [-0.3, -0.25) is 0 Å². The Morgan fingerprint density at radius 2 is 2.09 bits per heavy atom. The van der Waals surface area contributed by atoms with Gasteiger partial charge in [0.15, 0.2) is 0 Å². The minimum Gasteiger partial charge on any atom is -0.478 e. The number of aliphatic carboxylic acids is 1. The van der Waals surface area contributed by atoms with Crippen LogP contribution < -0.4 is 0 Å². The first-order chi connectivity index (χ1) is 10.8. The van der Waals surface area contributed by atoms with Crippen LogP contribution >= 0.6 is 0 Å². The Morgan fingerprint density at radius 1 is 1.39 bits per heavy atom. The average molecular weight is 322 g/mol. The second kappa shape index (κ2) is 7.18. The van der Waals surface area contributed by atoms with Gasteiger partial charge in [-0.05, 0) is 68.3 Å². The van der Waals surface area contributed by atoms with Crippen LogP contribution in [0.5, 0.6) is 0 Å². The standard InChI is InChI=1S/C19H30O4/c1-12-9-13(2)18-15(10-12)16(20)11-14(3)19(18,23)8-6-4-5-7-17(21)22/h5,7,11-13,15-16,18,20,23H,4,6,8-10H2,1-3H3,(H,21,22)/b7-5+/t12-,13+,15+,16-,18-,19+/m0/s1. The number of aliphatic hydroxyl groups excluding tert-OH is 1. The Labute approximate surface area is 138 Å². The van der Waals surface area contributed by atoms with Crippen LogP contribution in [0.2, 0.25) is 0 Å². The van der Waals surface area contributed by atoms with Crippen LogP contribution in [0.3, 0.4) is 0 Å². The maximum atomic E-state index is 11.4. The van der Waals surface area contributed by atoms with Crippen molar-refractivity contribution in [3.8, 4) is 0 Å². The van der Waals surface area contributed by atoms with Gasteiger partial charge < -0.3 is 15.3 Å². The quantitative estimate of drug-likeness (QED) is 0.413. The number of rotatable bonds is 5. The second-order valence-electron chi connectivity index (χ2n) is 7.64. The van der Waals surface area contributed by atoms with E-state index in [0.717, 1.165) is 30.9 Å². The van der Waals surface area contributed by atoms with Crippen LogP contribution in [0.15, 0.2) is 23.8 Å². The van der Waals surface area contributed by atoms with E-state index in [9.17, 15) is 15.0 Å². The van der Waals surface area contributed by atoms with Crippen LogP contribution in [0.4, 0.5) is 0 Å². The first-order valence-corrected chi connectivity index (χ1v) is 8.74. The van der Waals surface area contributed by atoms with Gasteiger partial charge in [-0.15, -0.1) is 0 Å². The van der Waals surface area contributed by atoms with Crippen molar-refractivity contribution >= 4 is 5.97 Å². The maximum Gasteiger partial charge on any atom is 0.327 e. The molecule has 1 saturated carbocycles. The van der Waals surface area contributed by atoms with Gasteiger partial charge in [0.05, 0.1) is 11.7 Å². The molecule has 0 aliphatic heterocycles. The zero-order chi connectivity index (χ0) is 17.2. The summed E-state index contributed by atoms with van der Waals surface area (Å²) in [5.74, 6) is 0.228. The molecule has 0 radical (unpaired) electrons. The molecule has 0 spiro atoms. The van der Waals surface area contributed by atoms with E-state index in [1.807, 2.05) is 13.0 Å². The molecule has 23 heavy (non-hydrogen) atoms. The fourth-order valence-corrected chi connectivity index (χ4v) is 4.91. The highest BCUT2D eigenvalue weighted by atomic mass is 16.4. The molecule has 0 aromatic heterocycles. The number of hydrogen-bond acceptors (Lipinski definition) is 3. The van der Waals surface area contributed by atoms with Crippen molar-refractivity contribution in [1.29, 1.82) is 0 Å². The third kappa shape index (κ3) is 3.86. The lowest BCUT2D eigenvalue weighted by molar-refractivity contribution is -0.131. The van der Waals surface area contributed by atoms with Crippen LogP contribution in [0.25, 0.3) is 0 Å². The van der Waals surface area contributed by atoms with Crippen molar-refractivity contribution in [2.24, 2.45) is 23.7 Å². The molecule has 0 heterocycles. The molecule has 2 rings (SSSR count). The summed E-state index contributed by atoms with van der Waals surface area (Å²) in [4.78, 5) is 10.5. The number of allylic oxidation sites excluding steroid dienone is 1. The van der Waals surface area contributed by atoms with Crippen LogP contribution in [0.1, 0.15) is 52.9 Å². The van der Waals surface area contributed by atoms with E-state index in [0.29, 0.717) is 24.7 Å². The summed E-state index contributed by atoms with van der Waals surface area (Å²) in [6, 6.07) is 0. The zero-order valence-corrected chi connectivity index (χ0v) is 14.4. The first-order valence-electron chi connectivity index (χ1n) is 8.74. The molecule has 0 bridgehead atoms. The normalized spacial score (nSPS) is 40.7. The number of carbonyl (C=O) groups is 1. The van der Waals surface area contributed by atoms with Gasteiger partial charge in [0.2, 0.25) is 0 Å². The molecule has 1 fully saturated rings. The number of unbranched alkanes of at least 4 members (excludes halogenated alkanes) is 1. The molecular weight excluding hydrogens is 292 g/mol. The number of fused-ring (bicyclic) bond motifs is 1. The Hall–Kier alpha value is -1.13. The third-order valence-corrected chi connectivity index (χ3v) is 5.81. The highest BCUT2D eigenvalue weighted by Gasteiger charge is 2.51. The Balaban J connectivity index is 2.13. The van der Waals surface area contributed by atoms with Gasteiger partial charge in [0, 0.05) is 6.08 Å². The van der Waals surface area contributed by atoms with Crippen molar-refractivity contribution < 1.29 is 20.1 Å². The highest BCUT2D eigenvalue weighted by Crippen LogP contribution is 2.51. The van der Waals surface area contributed by atoms with E-state index in [1.165, 1.54) is 0 Å². The van der Waals surface area contributed by atoms with Gasteiger partial charge in [-0.25, -0.2) is 4.79 Å². The van der Waals surface area contributed by atoms with Crippen molar-refractivity contribution in [3.05, 3.63) is 23.8 Å². The smallest absolute Gasteiger partial charge is 0.327 e. The molecule has 0 unspecified atom stereocenters. The summed E-state index contributed by atoms with van der Waals surface area (Å²) in [7, 11) is 0. The van der Waals surface area contributed by atoms with E-state index < -0.39 is 17.7 Å². The van der Waals surface area contributed by atoms with Gasteiger partial charge in [-0.1, -0.05) is 26.0 Å². The van der Waals surface area contributed by atoms with Crippen molar-refractivity contribution in [2.75, 3.05) is 0 Å². The lowest BCUT2D eigenvalue weighted by Gasteiger charge is -2.53. The fourth-order valence-electron chi connectivity index (χ4n) is 4.91. The summed E-state index contributed by atoms with van der Waals surface area (Å²) in [6.45, 7) is 6.32. The number of carboxylic acid groups (broad SMARTS) is 1. The summed E-state index contributed by atoms with van der Waals surface area (Å²) < 4.78 is 0. The fraction of sp³-hybridized carbons (Fsp3) is 0.737. The van der Waals surface area contributed by atoms with E-state index >= 15 is 0 Å². The third-order valence-electron chi connectivity index (χ3n) is 5.81. The summed E-state index contributed by atoms with van der Waals surface area (Å²) in [5, 5.41) is 30.5. The van der Waals surface area contributed by atoms with Crippen molar-refractivity contribution in [2.45, 2.75) is 64.6 Å². The number of hydrogen-bond donors (Lipinski definition) is 3. The number of carboxylic acids is 1. The van der Waals surface area contributed by atoms with Gasteiger partial charge in [-0.2, -0.15) is 0 Å². The minimum atomic E-state index is -0.935.